The summed E-state index contributed by atoms with van der Waals surface area (Å²) in [5.41, 5.74) is 3.61. The number of rotatable bonds is 6. The Bertz CT molecular complexity index is 1680. The van der Waals surface area contributed by atoms with Crippen LogP contribution in [0, 0.1) is 0 Å². The predicted octanol–water partition coefficient (Wildman–Crippen LogP) is 6.60. The molecule has 2 N–H and O–H groups in total. The average molecular weight is 587 g/mol. The van der Waals surface area contributed by atoms with Gasteiger partial charge in [-0.15, -0.1) is 0 Å². The average Bonchev–Trinajstić information content (AvgIpc) is 3.38. The van der Waals surface area contributed by atoms with E-state index in [0.717, 1.165) is 22.6 Å². The van der Waals surface area contributed by atoms with E-state index < -0.39 is 5.54 Å². The number of imidazole rings is 1. The lowest BCUT2D eigenvalue weighted by Gasteiger charge is -2.43. The Morgan fingerprint density at radius 2 is 1.63 bits per heavy atom. The Morgan fingerprint density at radius 1 is 0.927 bits per heavy atom. The number of hydrogen-bond donors (Lipinski definition) is 2. The second-order valence-electron chi connectivity index (χ2n) is 10.0. The summed E-state index contributed by atoms with van der Waals surface area (Å²) >= 11 is 12.9. The van der Waals surface area contributed by atoms with Crippen LogP contribution in [0.5, 0.6) is 0 Å². The van der Waals surface area contributed by atoms with E-state index in [-0.39, 0.29) is 6.03 Å². The van der Waals surface area contributed by atoms with Crippen LogP contribution in [0.15, 0.2) is 85.2 Å². The number of urea groups is 1. The number of hydrogen-bond acceptors (Lipinski definition) is 5. The van der Waals surface area contributed by atoms with E-state index in [1.165, 1.54) is 0 Å². The first kappa shape index (κ1) is 27.1. The van der Waals surface area contributed by atoms with Crippen molar-refractivity contribution in [3.05, 3.63) is 101 Å². The van der Waals surface area contributed by atoms with Crippen molar-refractivity contribution >= 4 is 46.2 Å². The summed E-state index contributed by atoms with van der Waals surface area (Å²) in [6.45, 7) is 3.81. The van der Waals surface area contributed by atoms with Gasteiger partial charge < -0.3 is 15.5 Å². The van der Waals surface area contributed by atoms with Gasteiger partial charge in [-0.25, -0.2) is 19.7 Å². The molecular weight excluding hydrogens is 557 g/mol. The van der Waals surface area contributed by atoms with Crippen LogP contribution in [0.3, 0.4) is 0 Å². The summed E-state index contributed by atoms with van der Waals surface area (Å²) in [5, 5.41) is 7.39. The molecule has 41 heavy (non-hydrogen) atoms. The zero-order valence-corrected chi connectivity index (χ0v) is 24.0. The van der Waals surface area contributed by atoms with Gasteiger partial charge in [0.25, 0.3) is 0 Å². The largest absolute Gasteiger partial charge is 0.354 e. The van der Waals surface area contributed by atoms with E-state index in [2.05, 4.69) is 32.7 Å². The van der Waals surface area contributed by atoms with Crippen LogP contribution < -0.4 is 15.5 Å². The summed E-state index contributed by atoms with van der Waals surface area (Å²) < 4.78 is 1.99. The molecule has 10 heteroatoms. The minimum absolute atomic E-state index is 0.166. The quantitative estimate of drug-likeness (QED) is 0.234. The van der Waals surface area contributed by atoms with Crippen LogP contribution in [-0.2, 0) is 5.54 Å². The fraction of sp³-hybridized carbons (Fsp3) is 0.226. The third-order valence-corrected chi connectivity index (χ3v) is 8.14. The van der Waals surface area contributed by atoms with E-state index in [4.69, 9.17) is 33.2 Å². The van der Waals surface area contributed by atoms with Crippen molar-refractivity contribution in [2.45, 2.75) is 25.3 Å². The van der Waals surface area contributed by atoms with Crippen molar-refractivity contribution in [3.63, 3.8) is 0 Å². The van der Waals surface area contributed by atoms with Gasteiger partial charge in [0.05, 0.1) is 10.6 Å². The van der Waals surface area contributed by atoms with Crippen LogP contribution >= 0.6 is 23.2 Å². The molecule has 2 amide bonds. The summed E-state index contributed by atoms with van der Waals surface area (Å²) in [6, 6.07) is 25.2. The number of piperidine rings is 1. The number of carbonyl (C=O) groups is 1. The van der Waals surface area contributed by atoms with Gasteiger partial charge >= 0.3 is 6.03 Å². The maximum absolute atomic E-state index is 12.7. The SMILES string of the molecule is CCNC(=O)NC1(c2ccccc2)CCN(c2ncnc3c2nc(-c2ccccc2Cl)n3-c2ccc(Cl)cc2)CC1. The van der Waals surface area contributed by atoms with E-state index in [9.17, 15) is 4.79 Å². The van der Waals surface area contributed by atoms with Crippen molar-refractivity contribution in [2.75, 3.05) is 24.5 Å². The number of halogens is 2. The molecular formula is C31H29Cl2N7O. The Balaban J connectivity index is 1.41. The first-order valence-electron chi connectivity index (χ1n) is 13.6. The summed E-state index contributed by atoms with van der Waals surface area (Å²) in [7, 11) is 0. The molecule has 0 bridgehead atoms. The summed E-state index contributed by atoms with van der Waals surface area (Å²) in [5.74, 6) is 1.42. The van der Waals surface area contributed by atoms with Crippen molar-refractivity contribution < 1.29 is 4.79 Å². The number of amides is 2. The van der Waals surface area contributed by atoms with E-state index >= 15 is 0 Å². The van der Waals surface area contributed by atoms with Crippen molar-refractivity contribution in [3.8, 4) is 17.1 Å². The van der Waals surface area contributed by atoms with Crippen molar-refractivity contribution in [2.24, 2.45) is 0 Å². The van der Waals surface area contributed by atoms with Crippen LogP contribution in [0.2, 0.25) is 10.0 Å². The van der Waals surface area contributed by atoms with Crippen LogP contribution in [0.1, 0.15) is 25.3 Å². The Labute approximate surface area is 248 Å². The first-order valence-corrected chi connectivity index (χ1v) is 14.4. The number of benzene rings is 3. The van der Waals surface area contributed by atoms with Gasteiger partial charge in [-0.05, 0) is 61.7 Å². The maximum atomic E-state index is 12.7. The highest BCUT2D eigenvalue weighted by molar-refractivity contribution is 6.33. The van der Waals surface area contributed by atoms with Crippen molar-refractivity contribution in [1.29, 1.82) is 0 Å². The minimum atomic E-state index is -0.492. The first-order chi connectivity index (χ1) is 20.0. The molecule has 1 aliphatic heterocycles. The lowest BCUT2D eigenvalue weighted by atomic mass is 9.81. The molecule has 0 aliphatic carbocycles. The molecule has 8 nitrogen and oxygen atoms in total. The minimum Gasteiger partial charge on any atom is -0.354 e. The molecule has 1 fully saturated rings. The summed E-state index contributed by atoms with van der Waals surface area (Å²) in [6.07, 6.45) is 2.98. The Hall–Kier alpha value is -4.14. The second kappa shape index (κ2) is 11.4. The van der Waals surface area contributed by atoms with Gasteiger partial charge in [0.2, 0.25) is 0 Å². The highest BCUT2D eigenvalue weighted by Gasteiger charge is 2.38. The molecule has 1 saturated heterocycles. The van der Waals surface area contributed by atoms with Crippen LogP contribution in [0.4, 0.5) is 10.6 Å². The molecule has 0 radical (unpaired) electrons. The topological polar surface area (TPSA) is 88.0 Å². The third-order valence-electron chi connectivity index (χ3n) is 7.56. The van der Waals surface area contributed by atoms with Crippen molar-refractivity contribution in [1.82, 2.24) is 30.2 Å². The molecule has 6 rings (SSSR count). The number of aromatic nitrogens is 4. The highest BCUT2D eigenvalue weighted by Crippen LogP contribution is 2.38. The standard InChI is InChI=1S/C31H29Cl2N7O/c1-2-34-30(41)38-31(21-8-4-3-5-9-21)16-18-39(19-17-31)28-26-29(36-20-35-28)40(23-14-12-22(32)13-15-23)27(37-26)24-10-6-7-11-25(24)33/h3-15,20H,2,16-19H2,1H3,(H2,34,38,41). The van der Waals surface area contributed by atoms with Gasteiger partial charge in [0.1, 0.15) is 12.2 Å². The van der Waals surface area contributed by atoms with E-state index in [1.54, 1.807) is 6.33 Å². The zero-order valence-electron chi connectivity index (χ0n) is 22.5. The number of nitrogens with zero attached hydrogens (tertiary/aromatic N) is 5. The fourth-order valence-corrected chi connectivity index (χ4v) is 5.88. The maximum Gasteiger partial charge on any atom is 0.315 e. The molecule has 208 valence electrons. The molecule has 3 aromatic carbocycles. The van der Waals surface area contributed by atoms with Gasteiger partial charge in [0.15, 0.2) is 17.0 Å². The molecule has 2 aromatic heterocycles. The van der Waals surface area contributed by atoms with E-state index in [1.807, 2.05) is 78.2 Å². The third kappa shape index (κ3) is 5.21. The van der Waals surface area contributed by atoms with E-state index in [0.29, 0.717) is 59.5 Å². The fourth-order valence-electron chi connectivity index (χ4n) is 5.54. The number of nitrogens with one attached hydrogen (secondary N) is 2. The lowest BCUT2D eigenvalue weighted by molar-refractivity contribution is 0.212. The van der Waals surface area contributed by atoms with Gasteiger partial charge in [-0.3, -0.25) is 4.57 Å². The number of anilines is 1. The van der Waals surface area contributed by atoms with Gasteiger partial charge in [0, 0.05) is 35.9 Å². The Kier molecular flexibility index (Phi) is 7.51. The van der Waals surface area contributed by atoms with Gasteiger partial charge in [-0.1, -0.05) is 65.7 Å². The monoisotopic (exact) mass is 585 g/mol. The predicted molar refractivity (Wildman–Crippen MR) is 164 cm³/mol. The zero-order chi connectivity index (χ0) is 28.4. The molecule has 0 spiro atoms. The molecule has 0 atom stereocenters. The Morgan fingerprint density at radius 3 is 2.34 bits per heavy atom. The number of carbonyl (C=O) groups excluding carboxylic acids is 1. The van der Waals surface area contributed by atoms with Crippen LogP contribution in [-0.4, -0.2) is 45.2 Å². The summed E-state index contributed by atoms with van der Waals surface area (Å²) in [4.78, 5) is 29.4. The normalized spacial score (nSPS) is 14.7. The number of fused-ring (bicyclic) bond motifs is 1. The lowest BCUT2D eigenvalue weighted by Crippen LogP contribution is -2.55. The molecule has 5 aromatic rings. The second-order valence-corrected chi connectivity index (χ2v) is 10.9. The van der Waals surface area contributed by atoms with Crippen LogP contribution in [0.25, 0.3) is 28.2 Å². The molecule has 0 saturated carbocycles. The highest BCUT2D eigenvalue weighted by atomic mass is 35.5. The smallest absolute Gasteiger partial charge is 0.315 e. The molecule has 0 unspecified atom stereocenters. The molecule has 1 aliphatic rings. The van der Waals surface area contributed by atoms with Gasteiger partial charge in [-0.2, -0.15) is 0 Å². The molecule has 3 heterocycles.